The Morgan fingerprint density at radius 3 is 2.44 bits per heavy atom. The molecular formula is C17H19NO7. The Morgan fingerprint density at radius 1 is 1.36 bits per heavy atom. The van der Waals surface area contributed by atoms with Gasteiger partial charge in [0.1, 0.15) is 5.75 Å². The highest BCUT2D eigenvalue weighted by atomic mass is 16.6. The summed E-state index contributed by atoms with van der Waals surface area (Å²) in [6, 6.07) is 6.22. The van der Waals surface area contributed by atoms with E-state index in [1.807, 2.05) is 0 Å². The molecule has 8 heteroatoms. The van der Waals surface area contributed by atoms with E-state index in [1.165, 1.54) is 32.2 Å². The molecule has 25 heavy (non-hydrogen) atoms. The predicted molar refractivity (Wildman–Crippen MR) is 86.8 cm³/mol. The summed E-state index contributed by atoms with van der Waals surface area (Å²) < 4.78 is 15.5. The molecule has 2 rings (SSSR count). The fraction of sp³-hybridized carbons (Fsp3) is 0.412. The molecule has 0 fully saturated rings. The summed E-state index contributed by atoms with van der Waals surface area (Å²) in [6.45, 7) is 2.29. The van der Waals surface area contributed by atoms with Crippen LogP contribution >= 0.6 is 0 Å². The van der Waals surface area contributed by atoms with Crippen LogP contribution in [0.3, 0.4) is 0 Å². The first kappa shape index (κ1) is 18.4. The molecule has 0 aliphatic carbocycles. The Hall–Kier alpha value is -2.90. The van der Waals surface area contributed by atoms with Crippen LogP contribution in [0.4, 0.5) is 0 Å². The molecule has 0 amide bonds. The van der Waals surface area contributed by atoms with Crippen molar-refractivity contribution < 1.29 is 28.7 Å². The van der Waals surface area contributed by atoms with Crippen LogP contribution in [0, 0.1) is 10.1 Å². The second kappa shape index (κ2) is 6.92. The van der Waals surface area contributed by atoms with Crippen LogP contribution in [-0.4, -0.2) is 42.7 Å². The van der Waals surface area contributed by atoms with Crippen molar-refractivity contribution in [3.63, 3.8) is 0 Å². The van der Waals surface area contributed by atoms with Crippen LogP contribution in [0.1, 0.15) is 19.4 Å². The molecule has 0 N–H and O–H groups in total. The van der Waals surface area contributed by atoms with Gasteiger partial charge in [0, 0.05) is 11.0 Å². The van der Waals surface area contributed by atoms with E-state index in [-0.39, 0.29) is 6.61 Å². The quantitative estimate of drug-likeness (QED) is 0.418. The maximum absolute atomic E-state index is 12.9. The Balaban J connectivity index is 2.69. The van der Waals surface area contributed by atoms with Gasteiger partial charge in [0.15, 0.2) is 11.0 Å². The van der Waals surface area contributed by atoms with E-state index in [4.69, 9.17) is 14.2 Å². The minimum atomic E-state index is -1.83. The van der Waals surface area contributed by atoms with Crippen LogP contribution in [0.25, 0.3) is 0 Å². The van der Waals surface area contributed by atoms with Gasteiger partial charge in [-0.1, -0.05) is 12.1 Å². The van der Waals surface area contributed by atoms with Gasteiger partial charge in [0.2, 0.25) is 6.54 Å². The van der Waals surface area contributed by atoms with Gasteiger partial charge in [-0.25, -0.2) is 4.79 Å². The van der Waals surface area contributed by atoms with Gasteiger partial charge in [-0.2, -0.15) is 0 Å². The summed E-state index contributed by atoms with van der Waals surface area (Å²) in [5.74, 6) is -0.988. The molecule has 1 heterocycles. The molecule has 0 saturated carbocycles. The Morgan fingerprint density at radius 2 is 2.00 bits per heavy atom. The van der Waals surface area contributed by atoms with Crippen LogP contribution in [0.5, 0.6) is 5.75 Å². The average molecular weight is 349 g/mol. The summed E-state index contributed by atoms with van der Waals surface area (Å²) in [5, 5.41) is 11.4. The highest BCUT2D eigenvalue weighted by Gasteiger charge is 2.62. The number of ether oxygens (including phenoxy) is 3. The van der Waals surface area contributed by atoms with Gasteiger partial charge in [-0.05, 0) is 37.6 Å². The van der Waals surface area contributed by atoms with E-state index in [0.29, 0.717) is 11.3 Å². The molecular weight excluding hydrogens is 330 g/mol. The number of nitro groups is 1. The first-order valence-electron chi connectivity index (χ1n) is 7.65. The number of hydrogen-bond donors (Lipinski definition) is 0. The number of hydrogen-bond acceptors (Lipinski definition) is 7. The molecule has 134 valence electrons. The van der Waals surface area contributed by atoms with Crippen molar-refractivity contribution in [2.24, 2.45) is 0 Å². The first-order chi connectivity index (χ1) is 11.8. The topological polar surface area (TPSA) is 105 Å². The van der Waals surface area contributed by atoms with E-state index in [1.54, 1.807) is 19.1 Å². The highest BCUT2D eigenvalue weighted by Crippen LogP contribution is 2.43. The van der Waals surface area contributed by atoms with Gasteiger partial charge in [0.25, 0.3) is 0 Å². The summed E-state index contributed by atoms with van der Waals surface area (Å²) in [6.07, 6.45) is 2.51. The fourth-order valence-corrected chi connectivity index (χ4v) is 2.98. The van der Waals surface area contributed by atoms with Crippen molar-refractivity contribution in [2.45, 2.75) is 24.9 Å². The van der Waals surface area contributed by atoms with E-state index in [2.05, 4.69) is 0 Å². The molecule has 0 saturated heterocycles. The third kappa shape index (κ3) is 3.19. The number of cyclic esters (lactones) is 1. The summed E-state index contributed by atoms with van der Waals surface area (Å²) in [4.78, 5) is 35.3. The van der Waals surface area contributed by atoms with Crippen LogP contribution in [0.2, 0.25) is 0 Å². The van der Waals surface area contributed by atoms with Gasteiger partial charge < -0.3 is 14.2 Å². The molecule has 0 aromatic heterocycles. The van der Waals surface area contributed by atoms with E-state index in [9.17, 15) is 19.7 Å². The van der Waals surface area contributed by atoms with Crippen molar-refractivity contribution in [2.75, 3.05) is 20.3 Å². The van der Waals surface area contributed by atoms with Gasteiger partial charge in [0.05, 0.1) is 13.7 Å². The molecule has 0 radical (unpaired) electrons. The largest absolute Gasteiger partial charge is 0.497 e. The van der Waals surface area contributed by atoms with E-state index >= 15 is 0 Å². The fourth-order valence-electron chi connectivity index (χ4n) is 2.98. The maximum atomic E-state index is 12.9. The lowest BCUT2D eigenvalue weighted by Gasteiger charge is -2.39. The zero-order chi connectivity index (χ0) is 18.7. The molecule has 1 aromatic rings. The number of carbonyl (C=O) groups is 2. The molecule has 1 aliphatic heterocycles. The molecule has 0 bridgehead atoms. The van der Waals surface area contributed by atoms with Gasteiger partial charge >= 0.3 is 11.9 Å². The van der Waals surface area contributed by atoms with Crippen molar-refractivity contribution in [3.8, 4) is 5.75 Å². The van der Waals surface area contributed by atoms with Crippen molar-refractivity contribution in [3.05, 3.63) is 52.1 Å². The predicted octanol–water partition coefficient (Wildman–Crippen LogP) is 1.64. The Kier molecular flexibility index (Phi) is 5.10. The van der Waals surface area contributed by atoms with Crippen LogP contribution < -0.4 is 4.74 Å². The smallest absolute Gasteiger partial charge is 0.331 e. The first-order valence-corrected chi connectivity index (χ1v) is 7.65. The summed E-state index contributed by atoms with van der Waals surface area (Å²) in [7, 11) is 1.48. The Bertz CT molecular complexity index is 712. The van der Waals surface area contributed by atoms with E-state index in [0.717, 1.165) is 6.08 Å². The second-order valence-corrected chi connectivity index (χ2v) is 5.71. The number of benzene rings is 1. The van der Waals surface area contributed by atoms with Gasteiger partial charge in [-0.3, -0.25) is 14.9 Å². The van der Waals surface area contributed by atoms with Gasteiger partial charge in [-0.15, -0.1) is 0 Å². The average Bonchev–Trinajstić information content (AvgIpc) is 2.93. The number of esters is 2. The molecule has 1 aliphatic rings. The minimum Gasteiger partial charge on any atom is -0.497 e. The zero-order valence-electron chi connectivity index (χ0n) is 14.2. The van der Waals surface area contributed by atoms with Crippen LogP contribution in [0.15, 0.2) is 36.4 Å². The SMILES string of the molecule is CCOC(=O)[C@@](C[N+](=O)[O-])(c1ccc(OC)cc1)[C@@]1(C)C=CC(=O)O1. The number of methoxy groups -OCH3 is 1. The lowest BCUT2D eigenvalue weighted by atomic mass is 9.67. The normalized spacial score (nSPS) is 21.3. The number of nitrogens with zero attached hydrogens (tertiary/aromatic N) is 1. The van der Waals surface area contributed by atoms with E-state index < -0.39 is 34.4 Å². The molecule has 2 atom stereocenters. The Labute approximate surface area is 144 Å². The lowest BCUT2D eigenvalue weighted by Crippen LogP contribution is -2.59. The molecule has 0 spiro atoms. The lowest BCUT2D eigenvalue weighted by molar-refractivity contribution is -0.492. The summed E-state index contributed by atoms with van der Waals surface area (Å²) in [5.41, 5.74) is -3.09. The second-order valence-electron chi connectivity index (χ2n) is 5.71. The zero-order valence-corrected chi connectivity index (χ0v) is 14.2. The summed E-state index contributed by atoms with van der Waals surface area (Å²) >= 11 is 0. The number of carbonyl (C=O) groups excluding carboxylic acids is 2. The molecule has 8 nitrogen and oxygen atoms in total. The standard InChI is InChI=1S/C17H19NO7/c1-4-24-15(20)17(11-18(21)22,16(2)10-9-14(19)25-16)12-5-7-13(23-3)8-6-12/h5-10H,4,11H2,1-3H3/t16-,17-/m1/s1. The van der Waals surface area contributed by atoms with Crippen molar-refractivity contribution >= 4 is 11.9 Å². The molecule has 1 aromatic carbocycles. The monoisotopic (exact) mass is 349 g/mol. The third-order valence-corrected chi connectivity index (χ3v) is 4.27. The van der Waals surface area contributed by atoms with Crippen LogP contribution in [-0.2, 0) is 24.5 Å². The molecule has 0 unspecified atom stereocenters. The van der Waals surface area contributed by atoms with Crippen molar-refractivity contribution in [1.29, 1.82) is 0 Å². The minimum absolute atomic E-state index is 0.0300. The third-order valence-electron chi connectivity index (χ3n) is 4.27. The highest BCUT2D eigenvalue weighted by molar-refractivity contribution is 5.91. The number of rotatable bonds is 7. The maximum Gasteiger partial charge on any atom is 0.331 e. The van der Waals surface area contributed by atoms with Crippen molar-refractivity contribution in [1.82, 2.24) is 0 Å².